The molecule has 1 aromatic carbocycles. The molecule has 1 saturated heterocycles. The molecule has 1 aromatic heterocycles. The normalized spacial score (nSPS) is 29.0. The van der Waals surface area contributed by atoms with Crippen LogP contribution in [0.25, 0.3) is 16.8 Å². The summed E-state index contributed by atoms with van der Waals surface area (Å²) in [5.41, 5.74) is -0.175. The minimum absolute atomic E-state index is 0.0347. The van der Waals surface area contributed by atoms with E-state index in [2.05, 4.69) is 22.9 Å². The van der Waals surface area contributed by atoms with Gasteiger partial charge in [0.1, 0.15) is 11.9 Å². The van der Waals surface area contributed by atoms with Crippen molar-refractivity contribution in [3.05, 3.63) is 60.8 Å². The third-order valence-corrected chi connectivity index (χ3v) is 12.9. The summed E-state index contributed by atoms with van der Waals surface area (Å²) < 4.78 is 46.0. The van der Waals surface area contributed by atoms with Crippen molar-refractivity contribution in [3.8, 4) is 11.6 Å². The van der Waals surface area contributed by atoms with Crippen LogP contribution in [0.1, 0.15) is 78.2 Å². The summed E-state index contributed by atoms with van der Waals surface area (Å²) in [4.78, 5) is 48.0. The Morgan fingerprint density at radius 2 is 1.98 bits per heavy atom. The molecule has 6 atom stereocenters. The molecule has 11 nitrogen and oxygen atoms in total. The quantitative estimate of drug-likeness (QED) is 0.256. The lowest BCUT2D eigenvalue weighted by atomic mass is 9.77. The number of benzene rings is 1. The molecule has 4 aliphatic rings. The van der Waals surface area contributed by atoms with Crippen molar-refractivity contribution in [2.75, 3.05) is 20.3 Å². The summed E-state index contributed by atoms with van der Waals surface area (Å²) in [6, 6.07) is 5.26. The summed E-state index contributed by atoms with van der Waals surface area (Å²) in [6.07, 6.45) is 9.46. The zero-order chi connectivity index (χ0) is 37.6. The highest BCUT2D eigenvalue weighted by Gasteiger charge is 2.60. The maximum Gasteiger partial charge on any atom is 0.306 e. The number of ether oxygens (including phenoxy) is 3. The monoisotopic (exact) mass is 733 g/mol. The van der Waals surface area contributed by atoms with Crippen LogP contribution in [0.5, 0.6) is 11.6 Å². The van der Waals surface area contributed by atoms with E-state index in [0.29, 0.717) is 49.3 Å². The number of aromatic nitrogens is 1. The average Bonchev–Trinajstić information content (AvgIpc) is 4.02. The molecule has 2 saturated carbocycles. The molecule has 2 aromatic rings. The van der Waals surface area contributed by atoms with Crippen LogP contribution in [0.15, 0.2) is 55.3 Å². The number of methoxy groups -OCH3 is 1. The predicted octanol–water partition coefficient (Wildman–Crippen LogP) is 5.99. The van der Waals surface area contributed by atoms with Crippen molar-refractivity contribution in [3.63, 3.8) is 0 Å². The highest BCUT2D eigenvalue weighted by Crippen LogP contribution is 2.58. The van der Waals surface area contributed by atoms with E-state index in [4.69, 9.17) is 14.2 Å². The number of hydrogen-bond donors (Lipinski definition) is 1. The van der Waals surface area contributed by atoms with E-state index in [1.165, 1.54) is 0 Å². The summed E-state index contributed by atoms with van der Waals surface area (Å²) in [6.45, 7) is 16.5. The third kappa shape index (κ3) is 7.77. The SMILES string of the molecule is C=C[C@H]1C[C@]1(CC(=C)[C@@H]1C[C@@H]2CN1C(=O)[C@H](C(C)(C)C)CC(=O)OC[C@@H](C)C/C=C/c1cc3c(nccc3cc1OC)O2)C(=O)NS(=O)(=O)C1CC1. The molecule has 0 radical (unpaired) electrons. The molecule has 2 aliphatic heterocycles. The van der Waals surface area contributed by atoms with Gasteiger partial charge >= 0.3 is 5.97 Å². The number of cyclic esters (lactones) is 1. The van der Waals surface area contributed by atoms with Crippen LogP contribution >= 0.6 is 0 Å². The molecule has 0 spiro atoms. The lowest BCUT2D eigenvalue weighted by Crippen LogP contribution is -2.46. The maximum absolute atomic E-state index is 14.7. The van der Waals surface area contributed by atoms with E-state index in [1.807, 2.05) is 58.0 Å². The van der Waals surface area contributed by atoms with Crippen molar-refractivity contribution < 1.29 is 37.0 Å². The molecule has 0 unspecified atom stereocenters. The molecule has 2 aliphatic carbocycles. The lowest BCUT2D eigenvalue weighted by molar-refractivity contribution is -0.153. The van der Waals surface area contributed by atoms with Gasteiger partial charge in [-0.05, 0) is 72.9 Å². The Balaban J connectivity index is 1.36. The van der Waals surface area contributed by atoms with Crippen LogP contribution in [-0.2, 0) is 29.1 Å². The van der Waals surface area contributed by atoms with Gasteiger partial charge in [0, 0.05) is 23.6 Å². The van der Waals surface area contributed by atoms with Crippen molar-refractivity contribution in [2.45, 2.75) is 90.0 Å². The van der Waals surface area contributed by atoms with Gasteiger partial charge in [-0.25, -0.2) is 13.4 Å². The number of amides is 2. The second-order valence-electron chi connectivity index (χ2n) is 16.2. The second-order valence-corrected chi connectivity index (χ2v) is 18.1. The predicted molar refractivity (Wildman–Crippen MR) is 199 cm³/mol. The Kier molecular flexibility index (Phi) is 10.3. The fraction of sp³-hybridized carbons (Fsp3) is 0.550. The standard InChI is InChI=1S/C40H51N3O8S/c1-8-28-21-40(28,38(46)42-52(47,48)30-12-13-30)20-25(3)33-18-29-22-43(33)37(45)32(39(4,5)6)19-35(44)50-23-24(2)10-9-11-27-16-31-26(17-34(27)49-7)14-15-41-36(31)51-29/h8-9,11,14-17,24,28-30,32-33H,1,3,10,12-13,18-23H2,2,4-7H3,(H,42,46)/b11-9+/t24-,28-,29+,32+,33-,40-/m0/s1. The fourth-order valence-electron chi connectivity index (χ4n) is 7.59. The number of pyridine rings is 1. The van der Waals surface area contributed by atoms with E-state index in [0.717, 1.165) is 16.3 Å². The first-order chi connectivity index (χ1) is 24.6. The zero-order valence-electron chi connectivity index (χ0n) is 30.9. The van der Waals surface area contributed by atoms with E-state index in [-0.39, 0.29) is 43.7 Å². The number of nitrogens with zero attached hydrogens (tertiary/aromatic N) is 2. The Morgan fingerprint density at radius 3 is 2.63 bits per heavy atom. The third-order valence-electron chi connectivity index (χ3n) is 11.1. The molecule has 4 bridgehead atoms. The van der Waals surface area contributed by atoms with Crippen LogP contribution in [0.2, 0.25) is 0 Å². The van der Waals surface area contributed by atoms with Crippen LogP contribution in [0.4, 0.5) is 0 Å². The number of sulfonamides is 1. The number of hydrogen-bond acceptors (Lipinski definition) is 9. The largest absolute Gasteiger partial charge is 0.496 e. The van der Waals surface area contributed by atoms with Gasteiger partial charge in [-0.2, -0.15) is 0 Å². The maximum atomic E-state index is 14.7. The first-order valence-electron chi connectivity index (χ1n) is 18.2. The highest BCUT2D eigenvalue weighted by atomic mass is 32.2. The molecular formula is C40H51N3O8S. The Hall–Kier alpha value is -4.19. The Bertz CT molecular complexity index is 1910. The van der Waals surface area contributed by atoms with Gasteiger partial charge in [0.2, 0.25) is 27.7 Å². The van der Waals surface area contributed by atoms with Crippen molar-refractivity contribution in [1.29, 1.82) is 0 Å². The molecule has 3 fully saturated rings. The number of rotatable bonds is 8. The van der Waals surface area contributed by atoms with Gasteiger partial charge in [0.25, 0.3) is 0 Å². The van der Waals surface area contributed by atoms with E-state index < -0.39 is 56.0 Å². The zero-order valence-corrected chi connectivity index (χ0v) is 31.7. The number of allylic oxidation sites excluding steroid dienone is 2. The van der Waals surface area contributed by atoms with Gasteiger partial charge in [-0.15, -0.1) is 6.58 Å². The lowest BCUT2D eigenvalue weighted by Gasteiger charge is -2.36. The van der Waals surface area contributed by atoms with Crippen LogP contribution in [-0.4, -0.2) is 73.7 Å². The second kappa shape index (κ2) is 14.3. The van der Waals surface area contributed by atoms with Gasteiger partial charge in [-0.1, -0.05) is 58.1 Å². The van der Waals surface area contributed by atoms with Crippen LogP contribution < -0.4 is 14.2 Å². The Morgan fingerprint density at radius 1 is 1.23 bits per heavy atom. The summed E-state index contributed by atoms with van der Waals surface area (Å²) in [5, 5.41) is 1.13. The van der Waals surface area contributed by atoms with Crippen molar-refractivity contribution >= 4 is 44.7 Å². The number of fused-ring (bicyclic) bond motifs is 3. The molecule has 52 heavy (non-hydrogen) atoms. The smallest absolute Gasteiger partial charge is 0.306 e. The van der Waals surface area contributed by atoms with Crippen molar-refractivity contribution in [2.24, 2.45) is 28.6 Å². The minimum Gasteiger partial charge on any atom is -0.496 e. The number of esters is 1. The first kappa shape index (κ1) is 37.6. The average molecular weight is 734 g/mol. The molecule has 1 N–H and O–H groups in total. The molecule has 2 amide bonds. The van der Waals surface area contributed by atoms with Crippen LogP contribution in [0, 0.1) is 28.6 Å². The van der Waals surface area contributed by atoms with E-state index in [1.54, 1.807) is 24.3 Å². The topological polar surface area (TPSA) is 141 Å². The van der Waals surface area contributed by atoms with Crippen LogP contribution in [0.3, 0.4) is 0 Å². The highest BCUT2D eigenvalue weighted by molar-refractivity contribution is 7.90. The molecular weight excluding hydrogens is 683 g/mol. The first-order valence-corrected chi connectivity index (χ1v) is 19.7. The number of carbonyl (C=O) groups is 3. The summed E-state index contributed by atoms with van der Waals surface area (Å²) >= 11 is 0. The van der Waals surface area contributed by atoms with Gasteiger partial charge in [0.05, 0.1) is 49.3 Å². The minimum atomic E-state index is -3.77. The number of carbonyl (C=O) groups excluding carboxylic acids is 3. The van der Waals surface area contributed by atoms with E-state index >= 15 is 0 Å². The van der Waals surface area contributed by atoms with Gasteiger partial charge in [-0.3, -0.25) is 19.1 Å². The van der Waals surface area contributed by atoms with Gasteiger partial charge in [0.15, 0.2) is 0 Å². The summed E-state index contributed by atoms with van der Waals surface area (Å²) in [5.74, 6) is -1.05. The Labute approximate surface area is 306 Å². The number of nitrogens with one attached hydrogen (secondary N) is 1. The summed E-state index contributed by atoms with van der Waals surface area (Å²) in [7, 11) is -2.14. The molecule has 280 valence electrons. The molecule has 6 rings (SSSR count). The van der Waals surface area contributed by atoms with Gasteiger partial charge < -0.3 is 19.1 Å². The van der Waals surface area contributed by atoms with E-state index in [9.17, 15) is 22.8 Å². The molecule has 12 heteroatoms. The fourth-order valence-corrected chi connectivity index (χ4v) is 8.97. The molecule has 3 heterocycles. The van der Waals surface area contributed by atoms with Crippen molar-refractivity contribution in [1.82, 2.24) is 14.6 Å².